The smallest absolute Gasteiger partial charge is 0.463 e. The number of carbonyl (C=O) groups excluding carboxylic acids is 3. The van der Waals surface area contributed by atoms with E-state index in [9.17, 15) is 43.5 Å². The molecule has 0 saturated carbocycles. The first-order chi connectivity index (χ1) is 49.2. The number of unbranched alkanes of at least 4 members (excludes halogenated alkanes) is 26. The lowest BCUT2D eigenvalue weighted by Gasteiger charge is -2.21. The Labute approximate surface area is 613 Å². The summed E-state index contributed by atoms with van der Waals surface area (Å²) in [5.74, 6) is -1.62. The molecular formula is C83H140O16P2. The van der Waals surface area contributed by atoms with Crippen molar-refractivity contribution in [2.24, 2.45) is 0 Å². The normalized spacial score (nSPS) is 14.8. The number of esters is 3. The Morgan fingerprint density at radius 3 is 0.782 bits per heavy atom. The topological polar surface area (TPSA) is 231 Å². The highest BCUT2D eigenvalue weighted by molar-refractivity contribution is 7.47. The number of hydrogen-bond acceptors (Lipinski definition) is 14. The molecule has 5 atom stereocenters. The van der Waals surface area contributed by atoms with E-state index in [1.54, 1.807) is 0 Å². The van der Waals surface area contributed by atoms with Gasteiger partial charge in [-0.1, -0.05) is 295 Å². The monoisotopic (exact) mass is 1450 g/mol. The lowest BCUT2D eigenvalue weighted by atomic mass is 10.0. The van der Waals surface area contributed by atoms with Crippen LogP contribution in [0.3, 0.4) is 0 Å². The van der Waals surface area contributed by atoms with Crippen molar-refractivity contribution in [2.45, 2.75) is 322 Å². The molecule has 0 aliphatic carbocycles. The van der Waals surface area contributed by atoms with Crippen molar-refractivity contribution >= 4 is 33.6 Å². The van der Waals surface area contributed by atoms with Gasteiger partial charge in [-0.25, -0.2) is 9.13 Å². The average Bonchev–Trinajstić information content (AvgIpc) is 1.12. The van der Waals surface area contributed by atoms with E-state index in [1.165, 1.54) is 89.9 Å². The second-order valence-corrected chi connectivity index (χ2v) is 28.6. The molecule has 0 spiro atoms. The molecule has 0 aromatic rings. The van der Waals surface area contributed by atoms with Gasteiger partial charge in [0.1, 0.15) is 25.4 Å². The number of allylic oxidation sites excluding steroid dienone is 24. The molecule has 0 aromatic carbocycles. The minimum absolute atomic E-state index is 0.0761. The number of rotatable bonds is 73. The number of phosphoric acid groups is 2. The standard InChI is InChI=1S/C83H140O16P2/c1-4-7-10-13-16-19-22-25-28-30-31-32-33-34-35-36-37-38-39-40-41-42-43-44-45-47-50-51-54-57-60-63-66-69-81(86)93-72-78(84)73-95-100(89,90)96-74-79(85)75-97-101(91,92)98-77-80(99-83(88)71-68-65-62-59-56-53-48-27-24-21-18-15-12-9-6-3)76-94-82(87)70-67-64-61-58-55-52-49-46-29-26-23-20-17-14-11-8-5-2/h7-12,16-21,25-29,31-32,34-35,48-49,52,78-80,84-85H,4-6,13-15,22-24,30,33,36-47,50-51,53-77H2,1-3H3,(H,89,90)(H,91,92)/b10-7-,11-8-,12-9-,19-16-,20-17-,21-18-,28-25-,29-26-,32-31-,35-34-,48-27-,52-49-. The summed E-state index contributed by atoms with van der Waals surface area (Å²) in [6, 6.07) is 0. The highest BCUT2D eigenvalue weighted by Crippen LogP contribution is 2.45. The van der Waals surface area contributed by atoms with Crippen molar-refractivity contribution in [3.63, 3.8) is 0 Å². The summed E-state index contributed by atoms with van der Waals surface area (Å²) in [6.07, 6.45) is 92.0. The predicted molar refractivity (Wildman–Crippen MR) is 417 cm³/mol. The molecule has 4 N–H and O–H groups in total. The van der Waals surface area contributed by atoms with Crippen LogP contribution in [-0.4, -0.2) is 95.9 Å². The van der Waals surface area contributed by atoms with Crippen molar-refractivity contribution < 1.29 is 75.8 Å². The maximum Gasteiger partial charge on any atom is 0.472 e. The molecule has 0 aliphatic heterocycles. The minimum atomic E-state index is -4.94. The van der Waals surface area contributed by atoms with Crippen LogP contribution in [0.4, 0.5) is 0 Å². The fourth-order valence-electron chi connectivity index (χ4n) is 10.2. The SMILES string of the molecule is CC/C=C\C/C=C\C/C=C\C/C=C\C/C=C\CCCCCCCCCCCCCCCCCCCC(=O)OCC(O)COP(=O)(O)OCC(O)COP(=O)(O)OCC(COC(=O)CCCCCC/C=C\C/C=C\C/C=C\C/C=C\CC)OC(=O)CCCCCCC/C=C\C/C=C\C/C=C\CC. The summed E-state index contributed by atoms with van der Waals surface area (Å²) in [5, 5.41) is 20.6. The van der Waals surface area contributed by atoms with Gasteiger partial charge in [0.05, 0.1) is 26.4 Å². The van der Waals surface area contributed by atoms with E-state index in [2.05, 4.69) is 167 Å². The first kappa shape index (κ1) is 96.4. The van der Waals surface area contributed by atoms with Crippen molar-refractivity contribution in [3.05, 3.63) is 146 Å². The van der Waals surface area contributed by atoms with Gasteiger partial charge < -0.3 is 34.2 Å². The molecule has 0 aliphatic rings. The van der Waals surface area contributed by atoms with Crippen LogP contribution in [0, 0.1) is 0 Å². The van der Waals surface area contributed by atoms with Crippen LogP contribution < -0.4 is 0 Å². The third-order valence-corrected chi connectivity index (χ3v) is 17.9. The minimum Gasteiger partial charge on any atom is -0.463 e. The zero-order chi connectivity index (χ0) is 73.7. The molecule has 18 heteroatoms. The van der Waals surface area contributed by atoms with Gasteiger partial charge in [0.25, 0.3) is 0 Å². The summed E-state index contributed by atoms with van der Waals surface area (Å²) in [5.41, 5.74) is 0. The first-order valence-corrected chi connectivity index (χ1v) is 42.1. The molecule has 0 radical (unpaired) electrons. The summed E-state index contributed by atoms with van der Waals surface area (Å²) >= 11 is 0. The molecule has 0 amide bonds. The average molecular weight is 1460 g/mol. The zero-order valence-electron chi connectivity index (χ0n) is 63.0. The molecule has 0 saturated heterocycles. The van der Waals surface area contributed by atoms with E-state index in [1.807, 2.05) is 0 Å². The largest absolute Gasteiger partial charge is 0.472 e. The van der Waals surface area contributed by atoms with Crippen molar-refractivity contribution in [1.82, 2.24) is 0 Å². The van der Waals surface area contributed by atoms with Crippen molar-refractivity contribution in [1.29, 1.82) is 0 Å². The molecule has 0 aromatic heterocycles. The van der Waals surface area contributed by atoms with Crippen molar-refractivity contribution in [2.75, 3.05) is 39.6 Å². The Morgan fingerprint density at radius 1 is 0.277 bits per heavy atom. The van der Waals surface area contributed by atoms with Gasteiger partial charge in [-0.2, -0.15) is 0 Å². The van der Waals surface area contributed by atoms with Gasteiger partial charge in [-0.05, 0) is 135 Å². The van der Waals surface area contributed by atoms with Crippen LogP contribution in [0.15, 0.2) is 146 Å². The van der Waals surface area contributed by atoms with Crippen molar-refractivity contribution in [3.8, 4) is 0 Å². The molecule has 0 rings (SSSR count). The number of aliphatic hydroxyl groups is 2. The Hall–Kier alpha value is -4.57. The number of ether oxygens (including phenoxy) is 3. The molecule has 0 bridgehead atoms. The molecule has 0 fully saturated rings. The maximum absolute atomic E-state index is 12.9. The number of carbonyl (C=O) groups is 3. The van der Waals surface area contributed by atoms with Gasteiger partial charge in [0.2, 0.25) is 0 Å². The van der Waals surface area contributed by atoms with Crippen LogP contribution in [0.1, 0.15) is 303 Å². The Morgan fingerprint density at radius 2 is 0.495 bits per heavy atom. The zero-order valence-corrected chi connectivity index (χ0v) is 64.8. The second-order valence-electron chi connectivity index (χ2n) is 25.7. The summed E-state index contributed by atoms with van der Waals surface area (Å²) in [6.45, 7) is 2.29. The van der Waals surface area contributed by atoms with Gasteiger partial charge in [-0.3, -0.25) is 32.5 Å². The van der Waals surface area contributed by atoms with E-state index in [0.29, 0.717) is 19.3 Å². The van der Waals surface area contributed by atoms with Crippen LogP contribution in [0.25, 0.3) is 0 Å². The molecule has 0 heterocycles. The Bertz CT molecular complexity index is 2420. The van der Waals surface area contributed by atoms with E-state index in [0.717, 1.165) is 154 Å². The number of aliphatic hydroxyl groups excluding tert-OH is 2. The van der Waals surface area contributed by atoms with E-state index in [-0.39, 0.29) is 19.3 Å². The Balaban J connectivity index is 4.44. The van der Waals surface area contributed by atoms with Gasteiger partial charge in [0.15, 0.2) is 6.10 Å². The van der Waals surface area contributed by atoms with Gasteiger partial charge >= 0.3 is 33.6 Å². The number of phosphoric ester groups is 2. The first-order valence-electron chi connectivity index (χ1n) is 39.1. The van der Waals surface area contributed by atoms with Gasteiger partial charge in [0, 0.05) is 19.3 Å². The fraction of sp³-hybridized carbons (Fsp3) is 0.675. The summed E-state index contributed by atoms with van der Waals surface area (Å²) in [4.78, 5) is 58.6. The van der Waals surface area contributed by atoms with Crippen LogP contribution in [-0.2, 0) is 55.8 Å². The highest BCUT2D eigenvalue weighted by atomic mass is 31.2. The maximum atomic E-state index is 12.9. The predicted octanol–water partition coefficient (Wildman–Crippen LogP) is 22.9. The molecule has 578 valence electrons. The van der Waals surface area contributed by atoms with E-state index in [4.69, 9.17) is 32.3 Å². The van der Waals surface area contributed by atoms with Crippen LogP contribution in [0.2, 0.25) is 0 Å². The Kier molecular flexibility index (Phi) is 71.7. The van der Waals surface area contributed by atoms with Crippen LogP contribution in [0.5, 0.6) is 0 Å². The third kappa shape index (κ3) is 76.4. The van der Waals surface area contributed by atoms with Gasteiger partial charge in [-0.15, -0.1) is 0 Å². The second kappa shape index (κ2) is 75.1. The summed E-state index contributed by atoms with van der Waals surface area (Å²) in [7, 11) is -9.80. The lowest BCUT2D eigenvalue weighted by molar-refractivity contribution is -0.161. The lowest BCUT2D eigenvalue weighted by Crippen LogP contribution is -2.30. The molecule has 101 heavy (non-hydrogen) atoms. The summed E-state index contributed by atoms with van der Waals surface area (Å²) < 4.78 is 61.0. The van der Waals surface area contributed by atoms with E-state index >= 15 is 0 Å². The molecule has 5 unspecified atom stereocenters. The highest BCUT2D eigenvalue weighted by Gasteiger charge is 2.29. The fourth-order valence-corrected chi connectivity index (χ4v) is 11.8. The quantitative estimate of drug-likeness (QED) is 0.0146. The molecule has 16 nitrogen and oxygen atoms in total. The van der Waals surface area contributed by atoms with E-state index < -0.39 is 91.5 Å². The third-order valence-electron chi connectivity index (χ3n) is 16.0. The number of hydrogen-bond donors (Lipinski definition) is 4. The molecular weight excluding hydrogens is 1310 g/mol. The van der Waals surface area contributed by atoms with Crippen LogP contribution >= 0.6 is 15.6 Å².